The third kappa shape index (κ3) is 7.91. The standard InChI is InChI=1S/C19H31BrN2O5/c1-3-21-8-4-5-16(21)13-22(14-17-6-7-18(20)27-17)19(23)15-26-12-11-25-10-9-24-2/h6-7,16H,3-5,8-15H2,1-2H3. The van der Waals surface area contributed by atoms with Crippen LogP contribution in [0.5, 0.6) is 0 Å². The zero-order chi connectivity index (χ0) is 19.5. The summed E-state index contributed by atoms with van der Waals surface area (Å²) < 4.78 is 22.0. The predicted octanol–water partition coefficient (Wildman–Crippen LogP) is 2.53. The van der Waals surface area contributed by atoms with Gasteiger partial charge in [-0.1, -0.05) is 6.92 Å². The van der Waals surface area contributed by atoms with Crippen molar-refractivity contribution in [3.05, 3.63) is 22.6 Å². The Labute approximate surface area is 170 Å². The number of methoxy groups -OCH3 is 1. The first-order valence-corrected chi connectivity index (χ1v) is 10.3. The maximum absolute atomic E-state index is 12.7. The fourth-order valence-electron chi connectivity index (χ4n) is 3.26. The van der Waals surface area contributed by atoms with Crippen LogP contribution in [0.25, 0.3) is 0 Å². The highest BCUT2D eigenvalue weighted by molar-refractivity contribution is 9.10. The molecule has 0 saturated carbocycles. The van der Waals surface area contributed by atoms with Crippen LogP contribution in [0, 0.1) is 0 Å². The molecule has 1 saturated heterocycles. The molecule has 0 radical (unpaired) electrons. The van der Waals surface area contributed by atoms with E-state index in [1.807, 2.05) is 17.0 Å². The van der Waals surface area contributed by atoms with Crippen LogP contribution in [0.1, 0.15) is 25.5 Å². The molecule has 0 bridgehead atoms. The van der Waals surface area contributed by atoms with Gasteiger partial charge in [-0.05, 0) is 54.0 Å². The van der Waals surface area contributed by atoms with Gasteiger partial charge >= 0.3 is 0 Å². The van der Waals surface area contributed by atoms with Gasteiger partial charge in [-0.2, -0.15) is 0 Å². The summed E-state index contributed by atoms with van der Waals surface area (Å²) in [6.45, 7) is 7.40. The molecular weight excluding hydrogens is 416 g/mol. The molecule has 0 N–H and O–H groups in total. The van der Waals surface area contributed by atoms with Crippen molar-refractivity contribution in [2.75, 3.05) is 59.8 Å². The van der Waals surface area contributed by atoms with Gasteiger partial charge in [0.05, 0.1) is 33.0 Å². The lowest BCUT2D eigenvalue weighted by Crippen LogP contribution is -2.44. The average Bonchev–Trinajstić information content (AvgIpc) is 3.28. The van der Waals surface area contributed by atoms with Gasteiger partial charge in [0.2, 0.25) is 5.91 Å². The van der Waals surface area contributed by atoms with Gasteiger partial charge in [-0.15, -0.1) is 0 Å². The maximum atomic E-state index is 12.7. The van der Waals surface area contributed by atoms with E-state index in [9.17, 15) is 4.79 Å². The van der Waals surface area contributed by atoms with Gasteiger partial charge in [-0.25, -0.2) is 0 Å². The fraction of sp³-hybridized carbons (Fsp3) is 0.737. The van der Waals surface area contributed by atoms with Crippen LogP contribution in [-0.2, 0) is 25.5 Å². The summed E-state index contributed by atoms with van der Waals surface area (Å²) in [5.41, 5.74) is 0. The number of halogens is 1. The number of likely N-dealkylation sites (tertiary alicyclic amines) is 1. The number of likely N-dealkylation sites (N-methyl/N-ethyl adjacent to an activating group) is 1. The van der Waals surface area contributed by atoms with E-state index in [4.69, 9.17) is 18.6 Å². The lowest BCUT2D eigenvalue weighted by molar-refractivity contribution is -0.138. The quantitative estimate of drug-likeness (QED) is 0.433. The third-order valence-electron chi connectivity index (χ3n) is 4.69. The molecule has 0 aliphatic carbocycles. The molecule has 2 rings (SSSR count). The highest BCUT2D eigenvalue weighted by Gasteiger charge is 2.27. The number of carbonyl (C=O) groups is 1. The number of hydrogen-bond donors (Lipinski definition) is 0. The van der Waals surface area contributed by atoms with Crippen molar-refractivity contribution in [3.63, 3.8) is 0 Å². The van der Waals surface area contributed by atoms with Crippen LogP contribution in [0.4, 0.5) is 0 Å². The number of carbonyl (C=O) groups excluding carboxylic acids is 1. The van der Waals surface area contributed by atoms with Crippen molar-refractivity contribution < 1.29 is 23.4 Å². The monoisotopic (exact) mass is 446 g/mol. The first kappa shape index (κ1) is 22.4. The molecule has 1 fully saturated rings. The number of furan rings is 1. The molecule has 0 spiro atoms. The zero-order valence-corrected chi connectivity index (χ0v) is 17.9. The minimum Gasteiger partial charge on any atom is -0.452 e. The Morgan fingerprint density at radius 3 is 2.78 bits per heavy atom. The van der Waals surface area contributed by atoms with Crippen molar-refractivity contribution in [2.24, 2.45) is 0 Å². The molecule has 1 aromatic heterocycles. The van der Waals surface area contributed by atoms with Gasteiger partial charge in [0.1, 0.15) is 12.4 Å². The van der Waals surface area contributed by atoms with Gasteiger partial charge in [0, 0.05) is 19.7 Å². The second-order valence-corrected chi connectivity index (χ2v) is 7.34. The first-order chi connectivity index (χ1) is 13.1. The summed E-state index contributed by atoms with van der Waals surface area (Å²) in [6.07, 6.45) is 2.30. The number of rotatable bonds is 13. The molecule has 1 atom stereocenters. The van der Waals surface area contributed by atoms with Crippen molar-refractivity contribution in [1.29, 1.82) is 0 Å². The minimum atomic E-state index is -0.0256. The van der Waals surface area contributed by atoms with Gasteiger partial charge < -0.3 is 23.5 Å². The van der Waals surface area contributed by atoms with E-state index in [2.05, 4.69) is 27.8 Å². The summed E-state index contributed by atoms with van der Waals surface area (Å²) >= 11 is 3.32. The van der Waals surface area contributed by atoms with E-state index in [-0.39, 0.29) is 12.5 Å². The summed E-state index contributed by atoms with van der Waals surface area (Å²) in [5.74, 6) is 0.738. The van der Waals surface area contributed by atoms with Crippen LogP contribution in [0.2, 0.25) is 0 Å². The molecule has 1 amide bonds. The van der Waals surface area contributed by atoms with Crippen LogP contribution in [-0.4, -0.2) is 81.5 Å². The van der Waals surface area contributed by atoms with Gasteiger partial charge in [0.25, 0.3) is 0 Å². The summed E-state index contributed by atoms with van der Waals surface area (Å²) in [5, 5.41) is 0. The van der Waals surface area contributed by atoms with Crippen LogP contribution >= 0.6 is 15.9 Å². The first-order valence-electron chi connectivity index (χ1n) is 9.54. The number of ether oxygens (including phenoxy) is 3. The van der Waals surface area contributed by atoms with E-state index in [0.29, 0.717) is 50.2 Å². The second kappa shape index (κ2) is 12.5. The molecular formula is C19H31BrN2O5. The van der Waals surface area contributed by atoms with Crippen molar-refractivity contribution in [1.82, 2.24) is 9.80 Å². The Balaban J connectivity index is 1.83. The third-order valence-corrected chi connectivity index (χ3v) is 5.12. The lowest BCUT2D eigenvalue weighted by Gasteiger charge is -2.30. The SMILES string of the molecule is CCN1CCCC1CN(Cc1ccc(Br)o1)C(=O)COCCOCCOC. The largest absolute Gasteiger partial charge is 0.452 e. The van der Waals surface area contributed by atoms with Crippen LogP contribution < -0.4 is 0 Å². The number of hydrogen-bond acceptors (Lipinski definition) is 6. The molecule has 0 aromatic carbocycles. The Morgan fingerprint density at radius 2 is 2.07 bits per heavy atom. The molecule has 8 heteroatoms. The van der Waals surface area contributed by atoms with Crippen molar-refractivity contribution in [2.45, 2.75) is 32.4 Å². The second-order valence-electron chi connectivity index (χ2n) is 6.56. The van der Waals surface area contributed by atoms with Gasteiger partial charge in [-0.3, -0.25) is 9.69 Å². The molecule has 1 unspecified atom stereocenters. The fourth-order valence-corrected chi connectivity index (χ4v) is 3.61. The predicted molar refractivity (Wildman–Crippen MR) is 106 cm³/mol. The summed E-state index contributed by atoms with van der Waals surface area (Å²) in [6, 6.07) is 4.13. The minimum absolute atomic E-state index is 0.0256. The van der Waals surface area contributed by atoms with E-state index in [0.717, 1.165) is 25.3 Å². The average molecular weight is 447 g/mol. The zero-order valence-electron chi connectivity index (χ0n) is 16.3. The molecule has 1 aliphatic rings. The number of amides is 1. The van der Waals surface area contributed by atoms with E-state index in [1.165, 1.54) is 6.42 Å². The molecule has 7 nitrogen and oxygen atoms in total. The topological polar surface area (TPSA) is 64.4 Å². The summed E-state index contributed by atoms with van der Waals surface area (Å²) in [7, 11) is 1.63. The van der Waals surface area contributed by atoms with E-state index < -0.39 is 0 Å². The van der Waals surface area contributed by atoms with Crippen LogP contribution in [0.15, 0.2) is 21.2 Å². The van der Waals surface area contributed by atoms with Crippen molar-refractivity contribution >= 4 is 21.8 Å². The number of nitrogens with zero attached hydrogens (tertiary/aromatic N) is 2. The molecule has 154 valence electrons. The van der Waals surface area contributed by atoms with E-state index in [1.54, 1.807) is 7.11 Å². The highest BCUT2D eigenvalue weighted by Crippen LogP contribution is 2.20. The van der Waals surface area contributed by atoms with E-state index >= 15 is 0 Å². The molecule has 1 aromatic rings. The smallest absolute Gasteiger partial charge is 0.249 e. The van der Waals surface area contributed by atoms with Crippen molar-refractivity contribution in [3.8, 4) is 0 Å². The van der Waals surface area contributed by atoms with Gasteiger partial charge in [0.15, 0.2) is 4.67 Å². The maximum Gasteiger partial charge on any atom is 0.249 e. The normalized spacial score (nSPS) is 17.5. The molecule has 2 heterocycles. The Morgan fingerprint density at radius 1 is 1.30 bits per heavy atom. The molecule has 27 heavy (non-hydrogen) atoms. The van der Waals surface area contributed by atoms with Crippen LogP contribution in [0.3, 0.4) is 0 Å². The lowest BCUT2D eigenvalue weighted by atomic mass is 10.2. The highest BCUT2D eigenvalue weighted by atomic mass is 79.9. The Hall–Kier alpha value is -0.930. The summed E-state index contributed by atoms with van der Waals surface area (Å²) in [4.78, 5) is 17.0. The Kier molecular flexibility index (Phi) is 10.4. The molecule has 1 aliphatic heterocycles. The Bertz CT molecular complexity index is 554.